The molecular weight excluding hydrogens is 270 g/mol. The van der Waals surface area contributed by atoms with Crippen molar-refractivity contribution < 1.29 is 9.53 Å². The van der Waals surface area contributed by atoms with Gasteiger partial charge in [0.05, 0.1) is 13.4 Å². The molecule has 2 amide bonds. The van der Waals surface area contributed by atoms with Gasteiger partial charge in [-0.2, -0.15) is 0 Å². The summed E-state index contributed by atoms with van der Waals surface area (Å²) in [6.45, 7) is 3.23. The normalized spacial score (nSPS) is 10.2. The highest BCUT2D eigenvalue weighted by atomic mass is 16.5. The van der Waals surface area contributed by atoms with E-state index < -0.39 is 0 Å². The van der Waals surface area contributed by atoms with Gasteiger partial charge in [0.2, 0.25) is 0 Å². The van der Waals surface area contributed by atoms with Crippen LogP contribution in [0.25, 0.3) is 0 Å². The number of nitrogens with zero attached hydrogens (tertiary/aromatic N) is 3. The van der Waals surface area contributed by atoms with Gasteiger partial charge in [0.1, 0.15) is 0 Å². The van der Waals surface area contributed by atoms with E-state index in [1.54, 1.807) is 25.7 Å². The molecule has 0 radical (unpaired) electrons. The number of imidazole rings is 1. The van der Waals surface area contributed by atoms with Gasteiger partial charge in [0.15, 0.2) is 11.6 Å². The molecular formula is C14H19N5O2. The van der Waals surface area contributed by atoms with E-state index in [2.05, 4.69) is 20.6 Å². The molecule has 2 heterocycles. The Labute approximate surface area is 123 Å². The SMILES string of the molecule is COc1ccc(C)nc1NC(=O)NCCCn1ccnc1. The molecule has 0 atom stereocenters. The Hall–Kier alpha value is -2.57. The summed E-state index contributed by atoms with van der Waals surface area (Å²) < 4.78 is 7.12. The second-order valence-electron chi connectivity index (χ2n) is 4.54. The van der Waals surface area contributed by atoms with E-state index in [9.17, 15) is 4.79 Å². The zero-order chi connectivity index (χ0) is 15.1. The maximum atomic E-state index is 11.8. The standard InChI is InChI=1S/C14H19N5O2/c1-11-4-5-12(21-2)13(17-11)18-14(20)16-6-3-8-19-9-7-15-10-19/h4-5,7,9-10H,3,6,8H2,1-2H3,(H2,16,17,18,20). The Morgan fingerprint density at radius 1 is 1.43 bits per heavy atom. The van der Waals surface area contributed by atoms with E-state index in [-0.39, 0.29) is 6.03 Å². The van der Waals surface area contributed by atoms with Crippen LogP contribution in [-0.4, -0.2) is 34.2 Å². The number of rotatable bonds is 6. The summed E-state index contributed by atoms with van der Waals surface area (Å²) in [5, 5.41) is 5.48. The Morgan fingerprint density at radius 3 is 3.00 bits per heavy atom. The molecule has 0 unspecified atom stereocenters. The Bertz CT molecular complexity index is 583. The van der Waals surface area contributed by atoms with Crippen LogP contribution in [0, 0.1) is 6.92 Å². The summed E-state index contributed by atoms with van der Waals surface area (Å²) in [6.07, 6.45) is 6.20. The molecule has 0 aliphatic carbocycles. The fourth-order valence-electron chi connectivity index (χ4n) is 1.83. The molecule has 2 N–H and O–H groups in total. The summed E-state index contributed by atoms with van der Waals surface area (Å²) in [4.78, 5) is 20.0. The van der Waals surface area contributed by atoms with Crippen LogP contribution in [0.15, 0.2) is 30.9 Å². The van der Waals surface area contributed by atoms with E-state index in [1.165, 1.54) is 0 Å². The molecule has 0 saturated heterocycles. The van der Waals surface area contributed by atoms with Crippen LogP contribution in [0.4, 0.5) is 10.6 Å². The molecule has 0 bridgehead atoms. The summed E-state index contributed by atoms with van der Waals surface area (Å²) in [5.41, 5.74) is 0.811. The second kappa shape index (κ2) is 7.28. The number of hydrogen-bond donors (Lipinski definition) is 2. The van der Waals surface area contributed by atoms with Crippen LogP contribution in [0.2, 0.25) is 0 Å². The monoisotopic (exact) mass is 289 g/mol. The van der Waals surface area contributed by atoms with Crippen molar-refractivity contribution in [2.45, 2.75) is 19.9 Å². The highest BCUT2D eigenvalue weighted by Gasteiger charge is 2.08. The molecule has 112 valence electrons. The van der Waals surface area contributed by atoms with Crippen LogP contribution in [0.3, 0.4) is 0 Å². The smallest absolute Gasteiger partial charge is 0.320 e. The molecule has 21 heavy (non-hydrogen) atoms. The molecule has 2 aromatic heterocycles. The molecule has 0 spiro atoms. The number of urea groups is 1. The summed E-state index contributed by atoms with van der Waals surface area (Å²) >= 11 is 0. The second-order valence-corrected chi connectivity index (χ2v) is 4.54. The molecule has 0 aliphatic rings. The molecule has 0 aliphatic heterocycles. The van der Waals surface area contributed by atoms with Crippen molar-refractivity contribution in [2.75, 3.05) is 19.0 Å². The first kappa shape index (κ1) is 14.8. The number of hydrogen-bond acceptors (Lipinski definition) is 4. The third-order valence-electron chi connectivity index (χ3n) is 2.89. The van der Waals surface area contributed by atoms with Gasteiger partial charge >= 0.3 is 6.03 Å². The first-order valence-electron chi connectivity index (χ1n) is 6.71. The van der Waals surface area contributed by atoms with E-state index >= 15 is 0 Å². The van der Waals surface area contributed by atoms with Crippen LogP contribution >= 0.6 is 0 Å². The zero-order valence-electron chi connectivity index (χ0n) is 12.2. The molecule has 7 heteroatoms. The summed E-state index contributed by atoms with van der Waals surface area (Å²) in [6, 6.07) is 3.31. The van der Waals surface area contributed by atoms with E-state index in [4.69, 9.17) is 4.74 Å². The van der Waals surface area contributed by atoms with Gasteiger partial charge in [-0.25, -0.2) is 14.8 Å². The van der Waals surface area contributed by atoms with E-state index in [0.717, 1.165) is 18.7 Å². The minimum atomic E-state index is -0.294. The third-order valence-corrected chi connectivity index (χ3v) is 2.89. The van der Waals surface area contributed by atoms with Gasteiger partial charge < -0.3 is 14.6 Å². The third kappa shape index (κ3) is 4.48. The first-order valence-corrected chi connectivity index (χ1v) is 6.71. The largest absolute Gasteiger partial charge is 0.493 e. The van der Waals surface area contributed by atoms with Crippen LogP contribution < -0.4 is 15.4 Å². The number of ether oxygens (including phenoxy) is 1. The van der Waals surface area contributed by atoms with E-state index in [1.807, 2.05) is 23.8 Å². The van der Waals surface area contributed by atoms with Crippen molar-refractivity contribution in [3.05, 3.63) is 36.5 Å². The van der Waals surface area contributed by atoms with Crippen molar-refractivity contribution in [1.82, 2.24) is 19.9 Å². The van der Waals surface area contributed by atoms with Crippen LogP contribution in [0.1, 0.15) is 12.1 Å². The quantitative estimate of drug-likeness (QED) is 0.795. The van der Waals surface area contributed by atoms with Crippen molar-refractivity contribution in [1.29, 1.82) is 0 Å². The van der Waals surface area contributed by atoms with Crippen molar-refractivity contribution >= 4 is 11.8 Å². The highest BCUT2D eigenvalue weighted by Crippen LogP contribution is 2.21. The van der Waals surface area contributed by atoms with Gasteiger partial charge in [0.25, 0.3) is 0 Å². The number of pyridine rings is 1. The lowest BCUT2D eigenvalue weighted by Crippen LogP contribution is -2.30. The van der Waals surface area contributed by atoms with Gasteiger partial charge in [-0.1, -0.05) is 0 Å². The average Bonchev–Trinajstić information content (AvgIpc) is 2.97. The first-order chi connectivity index (χ1) is 10.2. The van der Waals surface area contributed by atoms with Gasteiger partial charge in [-0.05, 0) is 25.5 Å². The Kier molecular flexibility index (Phi) is 5.14. The molecule has 0 saturated carbocycles. The number of methoxy groups -OCH3 is 1. The van der Waals surface area contributed by atoms with Crippen LogP contribution in [-0.2, 0) is 6.54 Å². The van der Waals surface area contributed by atoms with Gasteiger partial charge in [-0.3, -0.25) is 5.32 Å². The summed E-state index contributed by atoms with van der Waals surface area (Å²) in [5.74, 6) is 0.957. The average molecular weight is 289 g/mol. The Balaban J connectivity index is 1.77. The fourth-order valence-corrected chi connectivity index (χ4v) is 1.83. The maximum Gasteiger partial charge on any atom is 0.320 e. The minimum Gasteiger partial charge on any atom is -0.493 e. The number of carbonyl (C=O) groups is 1. The fraction of sp³-hybridized carbons (Fsp3) is 0.357. The maximum absolute atomic E-state index is 11.8. The Morgan fingerprint density at radius 2 is 2.29 bits per heavy atom. The number of carbonyl (C=O) groups excluding carboxylic acids is 1. The lowest BCUT2D eigenvalue weighted by atomic mass is 10.3. The molecule has 0 fully saturated rings. The minimum absolute atomic E-state index is 0.294. The highest BCUT2D eigenvalue weighted by molar-refractivity contribution is 5.89. The lowest BCUT2D eigenvalue weighted by Gasteiger charge is -2.11. The predicted molar refractivity (Wildman–Crippen MR) is 79.4 cm³/mol. The molecule has 2 aromatic rings. The number of aryl methyl sites for hydroxylation is 2. The summed E-state index contributed by atoms with van der Waals surface area (Å²) in [7, 11) is 1.54. The van der Waals surface area contributed by atoms with Crippen LogP contribution in [0.5, 0.6) is 5.75 Å². The number of aromatic nitrogens is 3. The van der Waals surface area contributed by atoms with Crippen molar-refractivity contribution in [3.63, 3.8) is 0 Å². The predicted octanol–water partition coefficient (Wildman–Crippen LogP) is 1.81. The lowest BCUT2D eigenvalue weighted by molar-refractivity contribution is 0.251. The number of anilines is 1. The van der Waals surface area contributed by atoms with E-state index in [0.29, 0.717) is 18.1 Å². The zero-order valence-corrected chi connectivity index (χ0v) is 12.2. The van der Waals surface area contributed by atoms with Crippen molar-refractivity contribution in [2.24, 2.45) is 0 Å². The van der Waals surface area contributed by atoms with Crippen molar-refractivity contribution in [3.8, 4) is 5.75 Å². The van der Waals surface area contributed by atoms with Gasteiger partial charge in [-0.15, -0.1) is 0 Å². The molecule has 0 aromatic carbocycles. The topological polar surface area (TPSA) is 81.1 Å². The number of nitrogens with one attached hydrogen (secondary N) is 2. The molecule has 2 rings (SSSR count). The van der Waals surface area contributed by atoms with Gasteiger partial charge in [0, 0.05) is 31.2 Å². The number of amides is 2. The molecule has 7 nitrogen and oxygen atoms in total.